The van der Waals surface area contributed by atoms with Gasteiger partial charge in [-0.25, -0.2) is 4.39 Å². The molecule has 6 nitrogen and oxygen atoms in total. The van der Waals surface area contributed by atoms with E-state index in [1.807, 2.05) is 36.4 Å². The molecule has 3 amide bonds. The molecule has 0 radical (unpaired) electrons. The maximum Gasteiger partial charge on any atom is 0.294 e. The minimum atomic E-state index is -0.567. The summed E-state index contributed by atoms with van der Waals surface area (Å²) in [6, 6.07) is 22.3. The average Bonchev–Trinajstić information content (AvgIpc) is 3.40. The van der Waals surface area contributed by atoms with Crippen LogP contribution in [0.3, 0.4) is 0 Å². The number of rotatable bonds is 5. The van der Waals surface area contributed by atoms with Crippen molar-refractivity contribution in [2.45, 2.75) is 0 Å². The number of furan rings is 1. The predicted molar refractivity (Wildman–Crippen MR) is 129 cm³/mol. The zero-order chi connectivity index (χ0) is 23.7. The van der Waals surface area contributed by atoms with Gasteiger partial charge in [-0.05, 0) is 59.6 Å². The summed E-state index contributed by atoms with van der Waals surface area (Å²) in [4.78, 5) is 38.9. The number of thioether (sulfide) groups is 1. The summed E-state index contributed by atoms with van der Waals surface area (Å²) < 4.78 is 18.8. The van der Waals surface area contributed by atoms with Gasteiger partial charge in [-0.3, -0.25) is 19.3 Å². The fourth-order valence-corrected chi connectivity index (χ4v) is 4.45. The van der Waals surface area contributed by atoms with Crippen molar-refractivity contribution < 1.29 is 23.2 Å². The molecule has 8 heteroatoms. The molecule has 1 N–H and O–H groups in total. The molecule has 2 heterocycles. The van der Waals surface area contributed by atoms with E-state index in [2.05, 4.69) is 5.32 Å². The number of hydrogen-bond donors (Lipinski definition) is 1. The largest absolute Gasteiger partial charge is 0.457 e. The second-order valence-electron chi connectivity index (χ2n) is 7.55. The molecule has 3 aromatic carbocycles. The number of nitrogens with zero attached hydrogens (tertiary/aromatic N) is 1. The Morgan fingerprint density at radius 1 is 0.971 bits per heavy atom. The Morgan fingerprint density at radius 3 is 2.56 bits per heavy atom. The first kappa shape index (κ1) is 21.7. The van der Waals surface area contributed by atoms with E-state index in [9.17, 15) is 18.8 Å². The Morgan fingerprint density at radius 2 is 1.74 bits per heavy atom. The first-order valence-corrected chi connectivity index (χ1v) is 11.2. The first-order chi connectivity index (χ1) is 16.5. The van der Waals surface area contributed by atoms with Crippen LogP contribution >= 0.6 is 11.8 Å². The first-order valence-electron chi connectivity index (χ1n) is 10.4. The number of nitrogens with one attached hydrogen (secondary N) is 1. The summed E-state index contributed by atoms with van der Waals surface area (Å²) >= 11 is 0.743. The minimum absolute atomic E-state index is 0.156. The Kier molecular flexibility index (Phi) is 5.73. The van der Waals surface area contributed by atoms with E-state index >= 15 is 0 Å². The van der Waals surface area contributed by atoms with Gasteiger partial charge in [-0.15, -0.1) is 0 Å². The van der Waals surface area contributed by atoms with Crippen molar-refractivity contribution in [1.29, 1.82) is 0 Å². The molecule has 1 aliphatic heterocycles. The van der Waals surface area contributed by atoms with E-state index < -0.39 is 23.6 Å². The molecule has 5 rings (SSSR count). The average molecular weight is 472 g/mol. The highest BCUT2D eigenvalue weighted by atomic mass is 32.2. The summed E-state index contributed by atoms with van der Waals surface area (Å²) in [5.74, 6) is -0.530. The van der Waals surface area contributed by atoms with E-state index in [4.69, 9.17) is 4.42 Å². The molecule has 1 fully saturated rings. The van der Waals surface area contributed by atoms with E-state index in [1.165, 1.54) is 18.2 Å². The Balaban J connectivity index is 1.29. The highest BCUT2D eigenvalue weighted by Gasteiger charge is 2.36. The summed E-state index contributed by atoms with van der Waals surface area (Å²) in [6.07, 6.45) is 1.46. The molecular formula is C26H17FN2O4S. The summed E-state index contributed by atoms with van der Waals surface area (Å²) in [5.41, 5.74) is 1.29. The molecule has 0 spiro atoms. The Labute approximate surface area is 198 Å². The number of benzene rings is 3. The van der Waals surface area contributed by atoms with E-state index in [-0.39, 0.29) is 10.7 Å². The highest BCUT2D eigenvalue weighted by Crippen LogP contribution is 2.33. The van der Waals surface area contributed by atoms with Crippen LogP contribution in [0.5, 0.6) is 0 Å². The smallest absolute Gasteiger partial charge is 0.294 e. The molecule has 0 unspecified atom stereocenters. The van der Waals surface area contributed by atoms with Crippen LogP contribution in [0.2, 0.25) is 0 Å². The summed E-state index contributed by atoms with van der Waals surface area (Å²) in [7, 11) is 0. The SMILES string of the molecule is O=C(CN1C(=O)S/C(=C\c2ccc(-c3ccc(F)cc3)o2)C1=O)Nc1cccc2ccccc12. The van der Waals surface area contributed by atoms with Crippen molar-refractivity contribution in [3.05, 3.63) is 95.3 Å². The molecule has 1 aromatic heterocycles. The molecule has 1 saturated heterocycles. The fourth-order valence-electron chi connectivity index (χ4n) is 3.63. The maximum atomic E-state index is 13.1. The highest BCUT2D eigenvalue weighted by molar-refractivity contribution is 8.18. The van der Waals surface area contributed by atoms with Gasteiger partial charge in [0, 0.05) is 22.7 Å². The monoisotopic (exact) mass is 472 g/mol. The normalized spacial score (nSPS) is 14.9. The van der Waals surface area contributed by atoms with Crippen LogP contribution in [0.1, 0.15) is 5.76 Å². The predicted octanol–water partition coefficient (Wildman–Crippen LogP) is 5.91. The minimum Gasteiger partial charge on any atom is -0.457 e. The third-order valence-corrected chi connectivity index (χ3v) is 6.18. The third kappa shape index (κ3) is 4.35. The molecule has 0 bridgehead atoms. The fraction of sp³-hybridized carbons (Fsp3) is 0.0385. The number of fused-ring (bicyclic) bond motifs is 1. The Bertz CT molecular complexity index is 1450. The zero-order valence-electron chi connectivity index (χ0n) is 17.7. The van der Waals surface area contributed by atoms with E-state index in [0.29, 0.717) is 22.8 Å². The van der Waals surface area contributed by atoms with Crippen molar-refractivity contribution in [1.82, 2.24) is 4.90 Å². The van der Waals surface area contributed by atoms with Crippen molar-refractivity contribution in [2.75, 3.05) is 11.9 Å². The number of amides is 3. The van der Waals surface area contributed by atoms with Gasteiger partial charge in [0.05, 0.1) is 4.91 Å². The van der Waals surface area contributed by atoms with Crippen LogP contribution in [0.15, 0.2) is 88.2 Å². The van der Waals surface area contributed by atoms with Gasteiger partial charge in [0.25, 0.3) is 11.1 Å². The lowest BCUT2D eigenvalue weighted by atomic mass is 10.1. The van der Waals surface area contributed by atoms with Gasteiger partial charge >= 0.3 is 0 Å². The van der Waals surface area contributed by atoms with E-state index in [0.717, 1.165) is 27.4 Å². The molecule has 4 aromatic rings. The third-order valence-electron chi connectivity index (χ3n) is 5.27. The van der Waals surface area contributed by atoms with Gasteiger partial charge in [0.15, 0.2) is 0 Å². The number of carbonyl (C=O) groups excluding carboxylic acids is 3. The molecule has 0 atom stereocenters. The lowest BCUT2D eigenvalue weighted by Gasteiger charge is -2.13. The second kappa shape index (κ2) is 8.99. The van der Waals surface area contributed by atoms with Crippen molar-refractivity contribution in [3.63, 3.8) is 0 Å². The summed E-state index contributed by atoms with van der Waals surface area (Å²) in [5, 5.41) is 4.08. The lowest BCUT2D eigenvalue weighted by molar-refractivity contribution is -0.127. The lowest BCUT2D eigenvalue weighted by Crippen LogP contribution is -2.36. The van der Waals surface area contributed by atoms with Crippen LogP contribution in [-0.2, 0) is 9.59 Å². The standard InChI is InChI=1S/C26H17FN2O4S/c27-18-10-8-17(9-11-18)22-13-12-19(33-22)14-23-25(31)29(26(32)34-23)15-24(30)28-21-7-3-5-16-4-1-2-6-20(16)21/h1-14H,15H2,(H,28,30)/b23-14-. The van der Waals surface area contributed by atoms with Crippen molar-refractivity contribution in [3.8, 4) is 11.3 Å². The van der Waals surface area contributed by atoms with Gasteiger partial charge < -0.3 is 9.73 Å². The zero-order valence-corrected chi connectivity index (χ0v) is 18.5. The number of halogens is 1. The van der Waals surface area contributed by atoms with Crippen LogP contribution in [0, 0.1) is 5.82 Å². The number of imide groups is 1. The second-order valence-corrected chi connectivity index (χ2v) is 8.54. The maximum absolute atomic E-state index is 13.1. The Hall–Kier alpha value is -4.17. The van der Waals surface area contributed by atoms with Crippen LogP contribution in [0.4, 0.5) is 14.9 Å². The molecule has 0 saturated carbocycles. The molecular weight excluding hydrogens is 455 g/mol. The van der Waals surface area contributed by atoms with Crippen LogP contribution < -0.4 is 5.32 Å². The van der Waals surface area contributed by atoms with Crippen molar-refractivity contribution >= 4 is 51.4 Å². The molecule has 168 valence electrons. The molecule has 34 heavy (non-hydrogen) atoms. The number of anilines is 1. The van der Waals surface area contributed by atoms with E-state index in [1.54, 1.807) is 30.3 Å². The quantitative estimate of drug-likeness (QED) is 0.365. The number of hydrogen-bond acceptors (Lipinski definition) is 5. The van der Waals surface area contributed by atoms with Gasteiger partial charge in [-0.1, -0.05) is 36.4 Å². The molecule has 1 aliphatic rings. The number of carbonyl (C=O) groups is 3. The van der Waals surface area contributed by atoms with Gasteiger partial charge in [-0.2, -0.15) is 0 Å². The molecule has 0 aliphatic carbocycles. The van der Waals surface area contributed by atoms with Crippen LogP contribution in [0.25, 0.3) is 28.2 Å². The summed E-state index contributed by atoms with van der Waals surface area (Å²) in [6.45, 7) is -0.399. The topological polar surface area (TPSA) is 79.6 Å². The van der Waals surface area contributed by atoms with Crippen molar-refractivity contribution in [2.24, 2.45) is 0 Å². The van der Waals surface area contributed by atoms with Gasteiger partial charge in [0.2, 0.25) is 5.91 Å². The van der Waals surface area contributed by atoms with Crippen LogP contribution in [-0.4, -0.2) is 28.5 Å². The van der Waals surface area contributed by atoms with Gasteiger partial charge in [0.1, 0.15) is 23.9 Å².